The summed E-state index contributed by atoms with van der Waals surface area (Å²) in [6.07, 6.45) is 0.677. The number of ether oxygens (including phenoxy) is 1. The van der Waals surface area contributed by atoms with Crippen molar-refractivity contribution in [2.45, 2.75) is 12.8 Å². The number of nitro groups is 3. The van der Waals surface area contributed by atoms with Crippen LogP contribution in [-0.4, -0.2) is 33.1 Å². The lowest BCUT2D eigenvalue weighted by atomic mass is 10.2. The zero-order valence-corrected chi connectivity index (χ0v) is 10.6. The summed E-state index contributed by atoms with van der Waals surface area (Å²) in [4.78, 5) is 29.5. The van der Waals surface area contributed by atoms with E-state index in [0.29, 0.717) is 25.0 Å². The zero-order valence-electron chi connectivity index (χ0n) is 10.6. The molecular weight excluding hydrogens is 290 g/mol. The molecule has 0 spiro atoms. The van der Waals surface area contributed by atoms with Gasteiger partial charge in [0.25, 0.3) is 11.4 Å². The Bertz CT molecular complexity index is 538. The number of non-ortho nitro benzene ring substituents is 1. The highest BCUT2D eigenvalue weighted by Crippen LogP contribution is 2.40. The summed E-state index contributed by atoms with van der Waals surface area (Å²) in [5.41, 5.74) is -2.46. The summed E-state index contributed by atoms with van der Waals surface area (Å²) in [6, 6.07) is 1.21. The number of nitrogens with zero attached hydrogens (tertiary/aromatic N) is 3. The highest BCUT2D eigenvalue weighted by atomic mass is 16.6. The van der Waals surface area contributed by atoms with Gasteiger partial charge in [-0.25, -0.2) is 0 Å². The molecule has 0 aliphatic rings. The Balaban J connectivity index is 3.26. The summed E-state index contributed by atoms with van der Waals surface area (Å²) < 4.78 is 5.01. The van der Waals surface area contributed by atoms with Crippen LogP contribution in [-0.2, 0) is 0 Å². The van der Waals surface area contributed by atoms with E-state index in [2.05, 4.69) is 0 Å². The van der Waals surface area contributed by atoms with E-state index in [4.69, 9.17) is 9.84 Å². The van der Waals surface area contributed by atoms with E-state index >= 15 is 0 Å². The minimum atomic E-state index is -0.985. The van der Waals surface area contributed by atoms with Gasteiger partial charge in [0.1, 0.15) is 0 Å². The van der Waals surface area contributed by atoms with Crippen molar-refractivity contribution >= 4 is 17.1 Å². The molecule has 0 saturated carbocycles. The van der Waals surface area contributed by atoms with Crippen LogP contribution in [0.2, 0.25) is 0 Å². The number of benzene rings is 1. The third-order valence-corrected chi connectivity index (χ3v) is 2.44. The first-order valence-electron chi connectivity index (χ1n) is 5.73. The molecule has 1 aromatic carbocycles. The molecular formula is C10H11N3O8. The van der Waals surface area contributed by atoms with Crippen molar-refractivity contribution in [3.8, 4) is 5.75 Å². The number of unbranched alkanes of at least 4 members (excludes halogenated alkanes) is 1. The van der Waals surface area contributed by atoms with Crippen LogP contribution in [0.3, 0.4) is 0 Å². The number of hydrogen-bond acceptors (Lipinski definition) is 8. The summed E-state index contributed by atoms with van der Waals surface area (Å²) in [6.45, 7) is -0.214. The molecule has 114 valence electrons. The van der Waals surface area contributed by atoms with E-state index in [9.17, 15) is 30.3 Å². The van der Waals surface area contributed by atoms with Gasteiger partial charge in [-0.2, -0.15) is 0 Å². The van der Waals surface area contributed by atoms with Crippen molar-refractivity contribution in [3.05, 3.63) is 42.5 Å². The molecule has 1 rings (SSSR count). The number of hydrogen-bond donors (Lipinski definition) is 1. The SMILES string of the molecule is O=[N+]([O-])c1cc([N+](=O)[O-])c(OCCCCO)c([N+](=O)[O-])c1. The maximum absolute atomic E-state index is 10.9. The van der Waals surface area contributed by atoms with Gasteiger partial charge < -0.3 is 9.84 Å². The largest absolute Gasteiger partial charge is 0.482 e. The number of rotatable bonds is 8. The average Bonchev–Trinajstić information content (AvgIpc) is 2.42. The van der Waals surface area contributed by atoms with Crippen molar-refractivity contribution in [3.63, 3.8) is 0 Å². The Labute approximate surface area is 117 Å². The van der Waals surface area contributed by atoms with Crippen molar-refractivity contribution in [1.29, 1.82) is 0 Å². The van der Waals surface area contributed by atoms with Gasteiger partial charge in [0.2, 0.25) is 0 Å². The van der Waals surface area contributed by atoms with Gasteiger partial charge in [-0.3, -0.25) is 30.3 Å². The normalized spacial score (nSPS) is 10.1. The van der Waals surface area contributed by atoms with Gasteiger partial charge in [0.15, 0.2) is 0 Å². The summed E-state index contributed by atoms with van der Waals surface area (Å²) in [5.74, 6) is -0.631. The van der Waals surface area contributed by atoms with Crippen LogP contribution in [0, 0.1) is 30.3 Å². The fourth-order valence-electron chi connectivity index (χ4n) is 1.50. The Morgan fingerprint density at radius 3 is 1.86 bits per heavy atom. The molecule has 0 radical (unpaired) electrons. The van der Waals surface area contributed by atoms with Gasteiger partial charge in [-0.15, -0.1) is 0 Å². The van der Waals surface area contributed by atoms with E-state index in [1.807, 2.05) is 0 Å². The Morgan fingerprint density at radius 2 is 1.48 bits per heavy atom. The second-order valence-electron chi connectivity index (χ2n) is 3.86. The van der Waals surface area contributed by atoms with E-state index < -0.39 is 37.6 Å². The van der Waals surface area contributed by atoms with E-state index in [-0.39, 0.29) is 13.2 Å². The first-order chi connectivity index (χ1) is 9.88. The fraction of sp³-hybridized carbons (Fsp3) is 0.400. The van der Waals surface area contributed by atoms with Gasteiger partial charge >= 0.3 is 11.4 Å². The molecule has 0 heterocycles. The zero-order chi connectivity index (χ0) is 16.0. The highest BCUT2D eigenvalue weighted by Gasteiger charge is 2.32. The predicted octanol–water partition coefficient (Wildman–Crippen LogP) is 1.56. The second kappa shape index (κ2) is 7.09. The number of aliphatic hydroxyl groups is 1. The molecule has 0 atom stereocenters. The Hall–Kier alpha value is -2.82. The maximum atomic E-state index is 10.9. The summed E-state index contributed by atoms with van der Waals surface area (Å²) >= 11 is 0. The minimum Gasteiger partial charge on any atom is -0.482 e. The molecule has 0 aromatic heterocycles. The average molecular weight is 301 g/mol. The highest BCUT2D eigenvalue weighted by molar-refractivity contribution is 5.65. The summed E-state index contributed by atoms with van der Waals surface area (Å²) in [7, 11) is 0. The van der Waals surface area contributed by atoms with Crippen molar-refractivity contribution in [2.75, 3.05) is 13.2 Å². The standard InChI is InChI=1S/C10H11N3O8/c14-3-1-2-4-21-10-8(12(17)18)5-7(11(15)16)6-9(10)13(19)20/h5-6,14H,1-4H2. The molecule has 0 aliphatic heterocycles. The molecule has 11 heteroatoms. The molecule has 0 amide bonds. The lowest BCUT2D eigenvalue weighted by molar-refractivity contribution is -0.404. The molecule has 0 bridgehead atoms. The third-order valence-electron chi connectivity index (χ3n) is 2.44. The number of aliphatic hydroxyl groups excluding tert-OH is 1. The van der Waals surface area contributed by atoms with Crippen LogP contribution in [0.5, 0.6) is 5.75 Å². The predicted molar refractivity (Wildman–Crippen MR) is 68.2 cm³/mol. The van der Waals surface area contributed by atoms with Crippen LogP contribution in [0.4, 0.5) is 17.1 Å². The van der Waals surface area contributed by atoms with Gasteiger partial charge in [-0.05, 0) is 12.8 Å². The van der Waals surface area contributed by atoms with Crippen LogP contribution < -0.4 is 4.74 Å². The van der Waals surface area contributed by atoms with Crippen LogP contribution in [0.1, 0.15) is 12.8 Å². The van der Waals surface area contributed by atoms with Crippen LogP contribution in [0.15, 0.2) is 12.1 Å². The van der Waals surface area contributed by atoms with Gasteiger partial charge in [0, 0.05) is 6.61 Å². The molecule has 11 nitrogen and oxygen atoms in total. The first kappa shape index (κ1) is 16.2. The van der Waals surface area contributed by atoms with E-state index in [1.54, 1.807) is 0 Å². The molecule has 1 aromatic rings. The topological polar surface area (TPSA) is 159 Å². The first-order valence-corrected chi connectivity index (χ1v) is 5.73. The molecule has 0 aliphatic carbocycles. The Morgan fingerprint density at radius 1 is 0.952 bits per heavy atom. The maximum Gasteiger partial charge on any atom is 0.325 e. The van der Waals surface area contributed by atoms with Gasteiger partial charge in [-0.1, -0.05) is 0 Å². The van der Waals surface area contributed by atoms with Crippen LogP contribution in [0.25, 0.3) is 0 Å². The fourth-order valence-corrected chi connectivity index (χ4v) is 1.50. The molecule has 0 unspecified atom stereocenters. The molecule has 1 N–H and O–H groups in total. The van der Waals surface area contributed by atoms with Gasteiger partial charge in [0.05, 0.1) is 33.5 Å². The second-order valence-corrected chi connectivity index (χ2v) is 3.86. The van der Waals surface area contributed by atoms with Crippen molar-refractivity contribution in [1.82, 2.24) is 0 Å². The lowest BCUT2D eigenvalue weighted by Gasteiger charge is -2.06. The van der Waals surface area contributed by atoms with Crippen molar-refractivity contribution in [2.24, 2.45) is 0 Å². The molecule has 21 heavy (non-hydrogen) atoms. The third kappa shape index (κ3) is 4.07. The smallest absolute Gasteiger partial charge is 0.325 e. The minimum absolute atomic E-state index is 0.0972. The molecule has 0 saturated heterocycles. The number of nitro benzene ring substituents is 3. The molecule has 0 fully saturated rings. The van der Waals surface area contributed by atoms with E-state index in [0.717, 1.165) is 0 Å². The summed E-state index contributed by atoms with van der Waals surface area (Å²) in [5, 5.41) is 41.1. The van der Waals surface area contributed by atoms with E-state index in [1.165, 1.54) is 0 Å². The Kier molecular flexibility index (Phi) is 5.48. The quantitative estimate of drug-likeness (QED) is 0.430. The lowest BCUT2D eigenvalue weighted by Crippen LogP contribution is -2.05. The monoisotopic (exact) mass is 301 g/mol. The van der Waals surface area contributed by atoms with Crippen molar-refractivity contribution < 1.29 is 24.6 Å². The van der Waals surface area contributed by atoms with Crippen LogP contribution >= 0.6 is 0 Å².